The number of nitrogens with one attached hydrogen (secondary N) is 1. The van der Waals surface area contributed by atoms with Crippen molar-refractivity contribution in [3.63, 3.8) is 0 Å². The standard InChI is InChI=1S/C26H28ClN3O5S/c1-19-17-22(36(32,33)28-21-9-7-20(27)8-10-21)11-12-24(19)35-18-26(31)30-15-13-29(14-16-30)23-5-3-4-6-25(23)34-2/h3-12,17,28H,13-16,18H2,1-2H3. The molecule has 0 bridgehead atoms. The Morgan fingerprint density at radius 1 is 0.972 bits per heavy atom. The first-order valence-corrected chi connectivity index (χ1v) is 13.3. The number of carbonyl (C=O) groups excluding carboxylic acids is 1. The van der Waals surface area contributed by atoms with Crippen LogP contribution >= 0.6 is 11.6 Å². The fourth-order valence-corrected chi connectivity index (χ4v) is 5.27. The van der Waals surface area contributed by atoms with E-state index in [2.05, 4.69) is 9.62 Å². The third-order valence-electron chi connectivity index (χ3n) is 5.96. The molecule has 3 aromatic rings. The molecule has 4 rings (SSSR count). The number of aryl methyl sites for hydroxylation is 1. The van der Waals surface area contributed by atoms with Crippen LogP contribution in [0.1, 0.15) is 5.56 Å². The number of rotatable bonds is 8. The molecule has 0 atom stereocenters. The Labute approximate surface area is 216 Å². The summed E-state index contributed by atoms with van der Waals surface area (Å²) in [6.07, 6.45) is 0. The van der Waals surface area contributed by atoms with Crippen LogP contribution in [0.3, 0.4) is 0 Å². The SMILES string of the molecule is COc1ccccc1N1CCN(C(=O)COc2ccc(S(=O)(=O)Nc3ccc(Cl)cc3)cc2C)CC1. The van der Waals surface area contributed by atoms with Crippen molar-refractivity contribution in [2.45, 2.75) is 11.8 Å². The van der Waals surface area contributed by atoms with E-state index in [0.29, 0.717) is 48.2 Å². The Morgan fingerprint density at radius 3 is 2.33 bits per heavy atom. The van der Waals surface area contributed by atoms with Crippen molar-refractivity contribution in [2.75, 3.05) is 49.5 Å². The lowest BCUT2D eigenvalue weighted by Gasteiger charge is -2.36. The van der Waals surface area contributed by atoms with Gasteiger partial charge in [0.2, 0.25) is 0 Å². The number of methoxy groups -OCH3 is 1. The van der Waals surface area contributed by atoms with E-state index in [4.69, 9.17) is 21.1 Å². The molecule has 1 aliphatic heterocycles. The predicted octanol–water partition coefficient (Wildman–Crippen LogP) is 4.19. The molecule has 0 aromatic heterocycles. The number of sulfonamides is 1. The van der Waals surface area contributed by atoms with E-state index < -0.39 is 10.0 Å². The van der Waals surface area contributed by atoms with Gasteiger partial charge in [0.15, 0.2) is 6.61 Å². The van der Waals surface area contributed by atoms with Gasteiger partial charge in [-0.2, -0.15) is 0 Å². The quantitative estimate of drug-likeness (QED) is 0.471. The lowest BCUT2D eigenvalue weighted by Crippen LogP contribution is -2.50. The van der Waals surface area contributed by atoms with Crippen molar-refractivity contribution >= 4 is 38.9 Å². The van der Waals surface area contributed by atoms with Gasteiger partial charge in [0.05, 0.1) is 17.7 Å². The second-order valence-electron chi connectivity index (χ2n) is 8.37. The first kappa shape index (κ1) is 25.7. The number of nitrogens with zero attached hydrogens (tertiary/aromatic N) is 2. The van der Waals surface area contributed by atoms with Crippen molar-refractivity contribution in [3.8, 4) is 11.5 Å². The Bertz CT molecular complexity index is 1320. The van der Waals surface area contributed by atoms with Crippen LogP contribution in [0.15, 0.2) is 71.6 Å². The summed E-state index contributed by atoms with van der Waals surface area (Å²) in [6.45, 7) is 4.16. The predicted molar refractivity (Wildman–Crippen MR) is 141 cm³/mol. The summed E-state index contributed by atoms with van der Waals surface area (Å²) < 4.78 is 39.2. The second-order valence-corrected chi connectivity index (χ2v) is 10.5. The highest BCUT2D eigenvalue weighted by Gasteiger charge is 2.23. The summed E-state index contributed by atoms with van der Waals surface area (Å²) in [5.74, 6) is 1.15. The maximum absolute atomic E-state index is 12.7. The minimum absolute atomic E-state index is 0.0982. The monoisotopic (exact) mass is 529 g/mol. The van der Waals surface area contributed by atoms with E-state index in [1.807, 2.05) is 24.3 Å². The molecule has 10 heteroatoms. The van der Waals surface area contributed by atoms with E-state index >= 15 is 0 Å². The van der Waals surface area contributed by atoms with Gasteiger partial charge in [0, 0.05) is 36.9 Å². The minimum atomic E-state index is -3.78. The van der Waals surface area contributed by atoms with Gasteiger partial charge in [-0.1, -0.05) is 23.7 Å². The number of piperazine rings is 1. The molecule has 1 amide bonds. The highest BCUT2D eigenvalue weighted by atomic mass is 35.5. The van der Waals surface area contributed by atoms with E-state index in [9.17, 15) is 13.2 Å². The topological polar surface area (TPSA) is 88.2 Å². The van der Waals surface area contributed by atoms with Crippen molar-refractivity contribution in [1.82, 2.24) is 4.90 Å². The minimum Gasteiger partial charge on any atom is -0.495 e. The number of ether oxygens (including phenoxy) is 2. The van der Waals surface area contributed by atoms with E-state index in [0.717, 1.165) is 11.4 Å². The zero-order valence-corrected chi connectivity index (χ0v) is 21.7. The van der Waals surface area contributed by atoms with E-state index in [-0.39, 0.29) is 17.4 Å². The maximum atomic E-state index is 12.7. The fourth-order valence-electron chi connectivity index (χ4n) is 4.00. The van der Waals surface area contributed by atoms with Crippen molar-refractivity contribution < 1.29 is 22.7 Å². The molecule has 0 aliphatic carbocycles. The average Bonchev–Trinajstić information content (AvgIpc) is 2.89. The highest BCUT2D eigenvalue weighted by molar-refractivity contribution is 7.92. The lowest BCUT2D eigenvalue weighted by molar-refractivity contribution is -0.133. The number of hydrogen-bond donors (Lipinski definition) is 1. The van der Waals surface area contributed by atoms with Crippen molar-refractivity contribution in [3.05, 3.63) is 77.3 Å². The summed E-state index contributed by atoms with van der Waals surface area (Å²) in [6, 6.07) is 18.8. The Morgan fingerprint density at radius 2 is 1.67 bits per heavy atom. The van der Waals surface area contributed by atoms with Crippen LogP contribution in [0.5, 0.6) is 11.5 Å². The van der Waals surface area contributed by atoms with Crippen LogP contribution in [0.4, 0.5) is 11.4 Å². The molecule has 1 N–H and O–H groups in total. The number of hydrogen-bond acceptors (Lipinski definition) is 6. The van der Waals surface area contributed by atoms with Gasteiger partial charge in [-0.15, -0.1) is 0 Å². The van der Waals surface area contributed by atoms with E-state index in [1.165, 1.54) is 12.1 Å². The van der Waals surface area contributed by atoms with Gasteiger partial charge in [-0.05, 0) is 67.1 Å². The molecule has 8 nitrogen and oxygen atoms in total. The molecule has 36 heavy (non-hydrogen) atoms. The lowest BCUT2D eigenvalue weighted by atomic mass is 10.2. The largest absolute Gasteiger partial charge is 0.495 e. The molecule has 0 spiro atoms. The second kappa shape index (κ2) is 11.1. The third-order valence-corrected chi connectivity index (χ3v) is 7.59. The van der Waals surface area contributed by atoms with Crippen molar-refractivity contribution in [2.24, 2.45) is 0 Å². The summed E-state index contributed by atoms with van der Waals surface area (Å²) >= 11 is 5.86. The highest BCUT2D eigenvalue weighted by Crippen LogP contribution is 2.28. The Kier molecular flexibility index (Phi) is 7.91. The molecule has 1 saturated heterocycles. The first-order valence-electron chi connectivity index (χ1n) is 11.4. The molecule has 0 saturated carbocycles. The van der Waals surface area contributed by atoms with Crippen molar-refractivity contribution in [1.29, 1.82) is 0 Å². The molecule has 190 valence electrons. The number of amides is 1. The van der Waals surface area contributed by atoms with Crippen LogP contribution in [0, 0.1) is 6.92 Å². The number of halogens is 1. The summed E-state index contributed by atoms with van der Waals surface area (Å²) in [7, 11) is -2.14. The molecule has 1 heterocycles. The summed E-state index contributed by atoms with van der Waals surface area (Å²) in [5.41, 5.74) is 2.04. The maximum Gasteiger partial charge on any atom is 0.261 e. The third kappa shape index (κ3) is 6.03. The van der Waals surface area contributed by atoms with Crippen LogP contribution in [0.25, 0.3) is 0 Å². The van der Waals surface area contributed by atoms with Gasteiger partial charge in [0.25, 0.3) is 15.9 Å². The van der Waals surface area contributed by atoms with Crippen LogP contribution in [-0.4, -0.2) is 59.1 Å². The Balaban J connectivity index is 1.32. The number of carbonyl (C=O) groups is 1. The van der Waals surface area contributed by atoms with Gasteiger partial charge in [-0.3, -0.25) is 9.52 Å². The normalized spacial score (nSPS) is 13.9. The summed E-state index contributed by atoms with van der Waals surface area (Å²) in [4.78, 5) is 16.8. The molecule has 0 radical (unpaired) electrons. The zero-order chi connectivity index (χ0) is 25.7. The molecule has 1 fully saturated rings. The fraction of sp³-hybridized carbons (Fsp3) is 0.269. The first-order chi connectivity index (χ1) is 17.3. The van der Waals surface area contributed by atoms with Gasteiger partial charge in [-0.25, -0.2) is 8.42 Å². The Hall–Kier alpha value is -3.43. The number of anilines is 2. The van der Waals surface area contributed by atoms with Gasteiger partial charge >= 0.3 is 0 Å². The molecule has 1 aliphatic rings. The van der Waals surface area contributed by atoms with Crippen LogP contribution < -0.4 is 19.1 Å². The number of para-hydroxylation sites is 2. The smallest absolute Gasteiger partial charge is 0.261 e. The molecular weight excluding hydrogens is 502 g/mol. The molecule has 3 aromatic carbocycles. The molecule has 0 unspecified atom stereocenters. The molecular formula is C26H28ClN3O5S. The average molecular weight is 530 g/mol. The van der Waals surface area contributed by atoms with Gasteiger partial charge < -0.3 is 19.3 Å². The van der Waals surface area contributed by atoms with Gasteiger partial charge in [0.1, 0.15) is 11.5 Å². The number of benzene rings is 3. The van der Waals surface area contributed by atoms with Crippen LogP contribution in [-0.2, 0) is 14.8 Å². The summed E-state index contributed by atoms with van der Waals surface area (Å²) in [5, 5.41) is 0.517. The van der Waals surface area contributed by atoms with Crippen LogP contribution in [0.2, 0.25) is 5.02 Å². The van der Waals surface area contributed by atoms with E-state index in [1.54, 1.807) is 49.3 Å². The zero-order valence-electron chi connectivity index (χ0n) is 20.1.